The van der Waals surface area contributed by atoms with E-state index in [1.54, 1.807) is 18.2 Å². The Morgan fingerprint density at radius 2 is 1.71 bits per heavy atom. The quantitative estimate of drug-likeness (QED) is 0.306. The van der Waals surface area contributed by atoms with Gasteiger partial charge in [0.25, 0.3) is 0 Å². The molecule has 0 amide bonds. The molecular weight excluding hydrogens is 549 g/mol. The van der Waals surface area contributed by atoms with E-state index >= 15 is 0 Å². The van der Waals surface area contributed by atoms with Crippen molar-refractivity contribution in [3.05, 3.63) is 69.6 Å². The number of rotatable bonds is 8. The highest BCUT2D eigenvalue weighted by molar-refractivity contribution is 5.82. The van der Waals surface area contributed by atoms with E-state index in [0.29, 0.717) is 30.9 Å². The number of benzene rings is 2. The summed E-state index contributed by atoms with van der Waals surface area (Å²) in [5, 5.41) is 0. The maximum Gasteiger partial charge on any atom is 0.417 e. The van der Waals surface area contributed by atoms with Crippen molar-refractivity contribution in [1.29, 1.82) is 0 Å². The molecule has 2 saturated heterocycles. The van der Waals surface area contributed by atoms with Gasteiger partial charge in [0.1, 0.15) is 5.52 Å². The average molecular weight is 583 g/mol. The van der Waals surface area contributed by atoms with Gasteiger partial charge in [0.2, 0.25) is 0 Å². The first-order chi connectivity index (χ1) is 20.2. The second kappa shape index (κ2) is 11.8. The van der Waals surface area contributed by atoms with Crippen LogP contribution in [0.2, 0.25) is 0 Å². The minimum atomic E-state index is -4.59. The smallest absolute Gasteiger partial charge is 0.417 e. The summed E-state index contributed by atoms with van der Waals surface area (Å²) in [6.07, 6.45) is -0.534. The molecular formula is C30H33F3N6O3. The molecule has 3 N–H and O–H groups in total. The van der Waals surface area contributed by atoms with Crippen molar-refractivity contribution in [3.63, 3.8) is 0 Å². The van der Waals surface area contributed by atoms with Gasteiger partial charge in [-0.2, -0.15) is 23.1 Å². The van der Waals surface area contributed by atoms with E-state index < -0.39 is 17.4 Å². The number of anilines is 1. The van der Waals surface area contributed by atoms with Crippen LogP contribution in [0.4, 0.5) is 19.0 Å². The lowest BCUT2D eigenvalue weighted by Crippen LogP contribution is -2.22. The van der Waals surface area contributed by atoms with E-state index in [2.05, 4.69) is 19.9 Å². The number of aromatic amines is 1. The first-order valence-electron chi connectivity index (χ1n) is 14.2. The standard InChI is InChI=1S/C30H33F3N6O3/c31-30(32,33)24-15-21(5-8-23(24)22-6-3-19(4-7-22)16-38-11-1-2-12-38)17-39-27-25(35-29(39)40)26(34)36-28(37-27)42-18-20-9-13-41-14-10-20/h3-8,15,20H,1-2,9-14,16-18H2,(H,35,40)(H2,34,36,37). The molecule has 0 atom stereocenters. The third kappa shape index (κ3) is 6.14. The second-order valence-corrected chi connectivity index (χ2v) is 11.0. The SMILES string of the molecule is Nc1nc(OCC2CCOCC2)nc2c1[nH]c(=O)n2Cc1ccc(-c2ccc(CN3CCCC3)cc2)c(C(F)(F)F)c1. The Morgan fingerprint density at radius 1 is 1.00 bits per heavy atom. The van der Waals surface area contributed by atoms with E-state index in [1.165, 1.54) is 23.5 Å². The van der Waals surface area contributed by atoms with E-state index in [4.69, 9.17) is 15.2 Å². The predicted molar refractivity (Wildman–Crippen MR) is 152 cm³/mol. The van der Waals surface area contributed by atoms with Gasteiger partial charge >= 0.3 is 17.9 Å². The Bertz CT molecular complexity index is 1600. The number of fused-ring (bicyclic) bond motifs is 1. The molecule has 2 aliphatic heterocycles. The molecule has 2 aliphatic rings. The second-order valence-electron chi connectivity index (χ2n) is 11.0. The predicted octanol–water partition coefficient (Wildman–Crippen LogP) is 4.84. The number of aromatic nitrogens is 4. The number of nitrogens with zero attached hydrogens (tertiary/aromatic N) is 4. The normalized spacial score (nSPS) is 16.8. The van der Waals surface area contributed by atoms with Gasteiger partial charge in [-0.25, -0.2) is 4.79 Å². The molecule has 0 spiro atoms. The number of imidazole rings is 1. The highest BCUT2D eigenvalue weighted by atomic mass is 19.4. The topological polar surface area (TPSA) is 111 Å². The Labute approximate surface area is 240 Å². The first kappa shape index (κ1) is 28.2. The van der Waals surface area contributed by atoms with Gasteiger partial charge in [-0.15, -0.1) is 0 Å². The van der Waals surface area contributed by atoms with Gasteiger partial charge in [-0.05, 0) is 73.0 Å². The minimum absolute atomic E-state index is 0.0127. The molecule has 2 fully saturated rings. The van der Waals surface area contributed by atoms with Crippen molar-refractivity contribution in [2.75, 3.05) is 38.6 Å². The van der Waals surface area contributed by atoms with Crippen LogP contribution in [0.1, 0.15) is 42.4 Å². The molecule has 0 aliphatic carbocycles. The van der Waals surface area contributed by atoms with Crippen LogP contribution in [0.3, 0.4) is 0 Å². The minimum Gasteiger partial charge on any atom is -0.463 e. The summed E-state index contributed by atoms with van der Waals surface area (Å²) >= 11 is 0. The van der Waals surface area contributed by atoms with Crippen LogP contribution in [0.15, 0.2) is 47.3 Å². The van der Waals surface area contributed by atoms with E-state index in [-0.39, 0.29) is 41.0 Å². The molecule has 0 radical (unpaired) electrons. The molecule has 222 valence electrons. The lowest BCUT2D eigenvalue weighted by atomic mass is 9.96. The molecule has 42 heavy (non-hydrogen) atoms. The summed E-state index contributed by atoms with van der Waals surface area (Å²) in [4.78, 5) is 26.3. The summed E-state index contributed by atoms with van der Waals surface area (Å²) in [7, 11) is 0. The zero-order valence-corrected chi connectivity index (χ0v) is 23.1. The summed E-state index contributed by atoms with van der Waals surface area (Å²) in [6, 6.07) is 11.4. The number of nitrogens with one attached hydrogen (secondary N) is 1. The lowest BCUT2D eigenvalue weighted by Gasteiger charge is -2.21. The van der Waals surface area contributed by atoms with Gasteiger partial charge in [-0.3, -0.25) is 9.47 Å². The van der Waals surface area contributed by atoms with Crippen molar-refractivity contribution in [2.24, 2.45) is 5.92 Å². The Morgan fingerprint density at radius 3 is 2.43 bits per heavy atom. The van der Waals surface area contributed by atoms with Gasteiger partial charge in [0.05, 0.1) is 18.7 Å². The van der Waals surface area contributed by atoms with Crippen LogP contribution < -0.4 is 16.2 Å². The maximum absolute atomic E-state index is 14.3. The number of H-pyrrole nitrogens is 1. The Hall–Kier alpha value is -3.90. The number of alkyl halides is 3. The number of halogens is 3. The number of hydrogen-bond donors (Lipinski definition) is 2. The van der Waals surface area contributed by atoms with Crippen LogP contribution >= 0.6 is 0 Å². The van der Waals surface area contributed by atoms with Crippen LogP contribution in [0, 0.1) is 5.92 Å². The van der Waals surface area contributed by atoms with Gasteiger partial charge in [0.15, 0.2) is 11.5 Å². The van der Waals surface area contributed by atoms with Gasteiger partial charge < -0.3 is 20.2 Å². The summed E-state index contributed by atoms with van der Waals surface area (Å²) in [5.74, 6) is 0.311. The molecule has 6 rings (SSSR count). The number of ether oxygens (including phenoxy) is 2. The van der Waals surface area contributed by atoms with Gasteiger partial charge in [0, 0.05) is 19.8 Å². The van der Waals surface area contributed by atoms with Crippen molar-refractivity contribution in [1.82, 2.24) is 24.4 Å². The fourth-order valence-corrected chi connectivity index (χ4v) is 5.69. The molecule has 4 aromatic rings. The third-order valence-corrected chi connectivity index (χ3v) is 8.02. The van der Waals surface area contributed by atoms with Crippen molar-refractivity contribution >= 4 is 17.0 Å². The molecule has 0 bridgehead atoms. The fourth-order valence-electron chi connectivity index (χ4n) is 5.69. The summed E-state index contributed by atoms with van der Waals surface area (Å²) in [5.41, 5.74) is 7.06. The molecule has 9 nitrogen and oxygen atoms in total. The highest BCUT2D eigenvalue weighted by Gasteiger charge is 2.34. The largest absolute Gasteiger partial charge is 0.463 e. The number of nitrogen functional groups attached to an aromatic ring is 1. The highest BCUT2D eigenvalue weighted by Crippen LogP contribution is 2.38. The zero-order valence-electron chi connectivity index (χ0n) is 23.1. The zero-order chi connectivity index (χ0) is 29.3. The number of likely N-dealkylation sites (tertiary alicyclic amines) is 1. The third-order valence-electron chi connectivity index (χ3n) is 8.02. The van der Waals surface area contributed by atoms with Crippen molar-refractivity contribution in [3.8, 4) is 17.1 Å². The molecule has 0 saturated carbocycles. The van der Waals surface area contributed by atoms with E-state index in [1.807, 2.05) is 12.1 Å². The Kier molecular flexibility index (Phi) is 7.91. The van der Waals surface area contributed by atoms with Crippen LogP contribution in [0.5, 0.6) is 6.01 Å². The van der Waals surface area contributed by atoms with Crippen LogP contribution in [-0.4, -0.2) is 57.3 Å². The molecule has 2 aromatic heterocycles. The lowest BCUT2D eigenvalue weighted by molar-refractivity contribution is -0.137. The maximum atomic E-state index is 14.3. The van der Waals surface area contributed by atoms with Crippen molar-refractivity contribution < 1.29 is 22.6 Å². The fraction of sp³-hybridized carbons (Fsp3) is 0.433. The molecule has 2 aromatic carbocycles. The summed E-state index contributed by atoms with van der Waals surface area (Å²) < 4.78 is 55.2. The van der Waals surface area contributed by atoms with Crippen molar-refractivity contribution in [2.45, 2.75) is 44.9 Å². The molecule has 12 heteroatoms. The number of nitrogens with two attached hydrogens (primary N) is 1. The first-order valence-corrected chi connectivity index (χ1v) is 14.2. The van der Waals surface area contributed by atoms with Gasteiger partial charge in [-0.1, -0.05) is 36.4 Å². The molecule has 4 heterocycles. The molecule has 0 unspecified atom stereocenters. The Balaban J connectivity index is 1.26. The van der Waals surface area contributed by atoms with E-state index in [9.17, 15) is 18.0 Å². The average Bonchev–Trinajstić information content (AvgIpc) is 3.60. The van der Waals surface area contributed by atoms with E-state index in [0.717, 1.165) is 44.1 Å². The monoisotopic (exact) mass is 582 g/mol. The van der Waals surface area contributed by atoms with Crippen LogP contribution in [0.25, 0.3) is 22.3 Å². The number of hydrogen-bond acceptors (Lipinski definition) is 7. The van der Waals surface area contributed by atoms with Crippen LogP contribution in [-0.2, 0) is 24.0 Å². The summed E-state index contributed by atoms with van der Waals surface area (Å²) in [6.45, 7) is 4.44.